The van der Waals surface area contributed by atoms with Crippen molar-refractivity contribution in [1.82, 2.24) is 24.8 Å². The largest absolute Gasteiger partial charge is 0.347 e. The molecule has 22 heavy (non-hydrogen) atoms. The molecule has 2 aromatic heterocycles. The van der Waals surface area contributed by atoms with Crippen LogP contribution in [0, 0.1) is 0 Å². The fourth-order valence-corrected chi connectivity index (χ4v) is 2.81. The molecule has 0 radical (unpaired) electrons. The average Bonchev–Trinajstić information content (AvgIpc) is 3.08. The number of aromatic nitrogens is 3. The Labute approximate surface area is 130 Å². The number of aromatic amines is 1. The van der Waals surface area contributed by atoms with Crippen molar-refractivity contribution in [2.75, 3.05) is 26.7 Å². The summed E-state index contributed by atoms with van der Waals surface area (Å²) >= 11 is 0. The molecule has 6 heteroatoms. The van der Waals surface area contributed by atoms with Crippen LogP contribution in [0.3, 0.4) is 0 Å². The first kappa shape index (κ1) is 14.7. The highest BCUT2D eigenvalue weighted by molar-refractivity contribution is 5.76. The molecule has 1 fully saturated rings. The maximum absolute atomic E-state index is 12.5. The summed E-state index contributed by atoms with van der Waals surface area (Å²) in [5, 5.41) is 0. The third kappa shape index (κ3) is 3.33. The number of pyridine rings is 1. The Morgan fingerprint density at radius 2 is 2.14 bits per heavy atom. The molecule has 0 aliphatic carbocycles. The van der Waals surface area contributed by atoms with E-state index in [0.29, 0.717) is 13.0 Å². The lowest BCUT2D eigenvalue weighted by atomic mass is 10.1. The maximum Gasteiger partial charge on any atom is 0.223 e. The van der Waals surface area contributed by atoms with Gasteiger partial charge in [0.25, 0.3) is 0 Å². The summed E-state index contributed by atoms with van der Waals surface area (Å²) in [5.41, 5.74) is 1.15. The number of aryl methyl sites for hydroxylation is 1. The van der Waals surface area contributed by atoms with Gasteiger partial charge in [-0.3, -0.25) is 14.7 Å². The van der Waals surface area contributed by atoms with E-state index in [2.05, 4.69) is 26.9 Å². The minimum atomic E-state index is 0.147. The van der Waals surface area contributed by atoms with Gasteiger partial charge in [-0.15, -0.1) is 0 Å². The lowest BCUT2D eigenvalue weighted by molar-refractivity contribution is -0.134. The molecule has 1 amide bonds. The summed E-state index contributed by atoms with van der Waals surface area (Å²) in [5.74, 6) is 1.13. The molecule has 1 atom stereocenters. The van der Waals surface area contributed by atoms with Gasteiger partial charge in [-0.25, -0.2) is 4.98 Å². The first-order chi connectivity index (χ1) is 10.7. The zero-order valence-corrected chi connectivity index (χ0v) is 12.8. The normalized spacial score (nSPS) is 19.3. The number of amides is 1. The minimum Gasteiger partial charge on any atom is -0.347 e. The standard InChI is InChI=1S/C16H21N5O/c1-20-10-11-21(12-14(20)16-18-8-9-19-16)15(22)3-2-13-4-6-17-7-5-13/h4-9,14H,2-3,10-12H2,1H3,(H,18,19). The van der Waals surface area contributed by atoms with Crippen LogP contribution in [0.5, 0.6) is 0 Å². The number of hydrogen-bond donors (Lipinski definition) is 1. The zero-order valence-electron chi connectivity index (χ0n) is 12.8. The number of H-pyrrole nitrogens is 1. The number of rotatable bonds is 4. The van der Waals surface area contributed by atoms with Gasteiger partial charge >= 0.3 is 0 Å². The van der Waals surface area contributed by atoms with Crippen molar-refractivity contribution < 1.29 is 4.79 Å². The summed E-state index contributed by atoms with van der Waals surface area (Å²) < 4.78 is 0. The summed E-state index contributed by atoms with van der Waals surface area (Å²) in [6, 6.07) is 4.07. The fourth-order valence-electron chi connectivity index (χ4n) is 2.81. The van der Waals surface area contributed by atoms with Crippen LogP contribution >= 0.6 is 0 Å². The van der Waals surface area contributed by atoms with Crippen molar-refractivity contribution in [3.8, 4) is 0 Å². The molecule has 3 heterocycles. The van der Waals surface area contributed by atoms with E-state index in [0.717, 1.165) is 30.9 Å². The Hall–Kier alpha value is -2.21. The number of nitrogens with zero attached hydrogens (tertiary/aromatic N) is 4. The topological polar surface area (TPSA) is 65.1 Å². The first-order valence-corrected chi connectivity index (χ1v) is 7.60. The van der Waals surface area contributed by atoms with Gasteiger partial charge in [0.1, 0.15) is 5.82 Å². The lowest BCUT2D eigenvalue weighted by Crippen LogP contribution is -2.49. The van der Waals surface area contributed by atoms with E-state index in [1.165, 1.54) is 0 Å². The van der Waals surface area contributed by atoms with Crippen molar-refractivity contribution in [1.29, 1.82) is 0 Å². The van der Waals surface area contributed by atoms with Crippen LogP contribution in [0.4, 0.5) is 0 Å². The molecule has 1 aliphatic rings. The van der Waals surface area contributed by atoms with E-state index < -0.39 is 0 Å². The SMILES string of the molecule is CN1CCN(C(=O)CCc2ccncc2)CC1c1ncc[nH]1. The molecule has 3 rings (SSSR count). The Kier molecular flexibility index (Phi) is 4.48. The smallest absolute Gasteiger partial charge is 0.223 e. The van der Waals surface area contributed by atoms with Crippen LogP contribution < -0.4 is 0 Å². The van der Waals surface area contributed by atoms with Crippen molar-refractivity contribution in [3.05, 3.63) is 48.3 Å². The summed E-state index contributed by atoms with van der Waals surface area (Å²) in [4.78, 5) is 28.1. The molecule has 0 spiro atoms. The predicted molar refractivity (Wildman–Crippen MR) is 83.1 cm³/mol. The van der Waals surface area contributed by atoms with Gasteiger partial charge in [0.2, 0.25) is 5.91 Å². The van der Waals surface area contributed by atoms with Crippen LogP contribution in [-0.2, 0) is 11.2 Å². The summed E-state index contributed by atoms with van der Waals surface area (Å²) in [7, 11) is 2.08. The third-order valence-corrected chi connectivity index (χ3v) is 4.21. The lowest BCUT2D eigenvalue weighted by Gasteiger charge is -2.38. The van der Waals surface area contributed by atoms with Gasteiger partial charge in [0.15, 0.2) is 0 Å². The van der Waals surface area contributed by atoms with Crippen LogP contribution in [-0.4, -0.2) is 57.3 Å². The van der Waals surface area contributed by atoms with Gasteiger partial charge in [0, 0.05) is 50.8 Å². The molecule has 116 valence electrons. The highest BCUT2D eigenvalue weighted by Crippen LogP contribution is 2.21. The van der Waals surface area contributed by atoms with Crippen LogP contribution in [0.1, 0.15) is 23.9 Å². The Balaban J connectivity index is 1.58. The molecule has 1 unspecified atom stereocenters. The molecule has 6 nitrogen and oxygen atoms in total. The molecule has 0 bridgehead atoms. The molecule has 0 saturated carbocycles. The predicted octanol–water partition coefficient (Wildman–Crippen LogP) is 1.25. The number of carbonyl (C=O) groups excluding carboxylic acids is 1. The van der Waals surface area contributed by atoms with Gasteiger partial charge < -0.3 is 9.88 Å². The number of nitrogens with one attached hydrogen (secondary N) is 1. The monoisotopic (exact) mass is 299 g/mol. The number of hydrogen-bond acceptors (Lipinski definition) is 4. The second-order valence-electron chi connectivity index (χ2n) is 5.67. The van der Waals surface area contributed by atoms with Crippen LogP contribution in [0.25, 0.3) is 0 Å². The van der Waals surface area contributed by atoms with Gasteiger partial charge in [-0.1, -0.05) is 0 Å². The van der Waals surface area contributed by atoms with Crippen molar-refractivity contribution in [2.45, 2.75) is 18.9 Å². The summed E-state index contributed by atoms with van der Waals surface area (Å²) in [6.07, 6.45) is 8.42. The molecule has 1 aliphatic heterocycles. The quantitative estimate of drug-likeness (QED) is 0.923. The molecule has 1 N–H and O–H groups in total. The first-order valence-electron chi connectivity index (χ1n) is 7.60. The van der Waals surface area contributed by atoms with E-state index >= 15 is 0 Å². The fraction of sp³-hybridized carbons (Fsp3) is 0.438. The van der Waals surface area contributed by atoms with E-state index in [1.54, 1.807) is 18.6 Å². The van der Waals surface area contributed by atoms with Gasteiger partial charge in [-0.05, 0) is 31.2 Å². The summed E-state index contributed by atoms with van der Waals surface area (Å²) in [6.45, 7) is 2.34. The van der Waals surface area contributed by atoms with Gasteiger partial charge in [0.05, 0.1) is 6.04 Å². The Morgan fingerprint density at radius 1 is 1.32 bits per heavy atom. The highest BCUT2D eigenvalue weighted by atomic mass is 16.2. The molecular formula is C16H21N5O. The van der Waals surface area contributed by atoms with Gasteiger partial charge in [-0.2, -0.15) is 0 Å². The second-order valence-corrected chi connectivity index (χ2v) is 5.67. The number of carbonyl (C=O) groups is 1. The Morgan fingerprint density at radius 3 is 2.86 bits per heavy atom. The van der Waals surface area contributed by atoms with E-state index in [4.69, 9.17) is 0 Å². The Bertz CT molecular complexity index is 598. The highest BCUT2D eigenvalue weighted by Gasteiger charge is 2.29. The minimum absolute atomic E-state index is 0.147. The van der Waals surface area contributed by atoms with Crippen molar-refractivity contribution >= 4 is 5.91 Å². The zero-order chi connectivity index (χ0) is 15.4. The van der Waals surface area contributed by atoms with Crippen molar-refractivity contribution in [2.24, 2.45) is 0 Å². The van der Waals surface area contributed by atoms with Crippen LogP contribution in [0.2, 0.25) is 0 Å². The second kappa shape index (κ2) is 6.70. The average molecular weight is 299 g/mol. The molecule has 0 aromatic carbocycles. The molecule has 1 saturated heterocycles. The van der Waals surface area contributed by atoms with Crippen molar-refractivity contribution in [3.63, 3.8) is 0 Å². The molecular weight excluding hydrogens is 278 g/mol. The number of imidazole rings is 1. The van der Waals surface area contributed by atoms with Crippen LogP contribution in [0.15, 0.2) is 36.9 Å². The van der Waals surface area contributed by atoms with E-state index in [-0.39, 0.29) is 11.9 Å². The van der Waals surface area contributed by atoms with E-state index in [1.807, 2.05) is 23.2 Å². The number of piperazine rings is 1. The maximum atomic E-state index is 12.5. The molecule has 2 aromatic rings. The number of likely N-dealkylation sites (N-methyl/N-ethyl adjacent to an activating group) is 1. The van der Waals surface area contributed by atoms with E-state index in [9.17, 15) is 4.79 Å². The third-order valence-electron chi connectivity index (χ3n) is 4.21.